The Bertz CT molecular complexity index is 561. The van der Waals surface area contributed by atoms with Crippen molar-refractivity contribution < 1.29 is 0 Å². The first-order valence-electron chi connectivity index (χ1n) is 6.65. The molecule has 100 valence electrons. The lowest BCUT2D eigenvalue weighted by Gasteiger charge is -2.12. The van der Waals surface area contributed by atoms with Crippen LogP contribution in [0.4, 0.5) is 0 Å². The zero-order chi connectivity index (χ0) is 13.8. The second-order valence-electron chi connectivity index (χ2n) is 5.20. The van der Waals surface area contributed by atoms with Gasteiger partial charge in [-0.1, -0.05) is 49.7 Å². The zero-order valence-corrected chi connectivity index (χ0v) is 12.5. The lowest BCUT2D eigenvalue weighted by molar-refractivity contribution is 0.589. The quantitative estimate of drug-likeness (QED) is 0.843. The van der Waals surface area contributed by atoms with Crippen LogP contribution in [-0.4, -0.2) is 6.04 Å². The smallest absolute Gasteiger partial charge is 0.0412 e. The van der Waals surface area contributed by atoms with E-state index in [9.17, 15) is 0 Å². The van der Waals surface area contributed by atoms with Crippen molar-refractivity contribution >= 4 is 11.6 Å². The van der Waals surface area contributed by atoms with Gasteiger partial charge in [-0.3, -0.25) is 0 Å². The van der Waals surface area contributed by atoms with Crippen molar-refractivity contribution in [2.45, 2.75) is 33.4 Å². The first kappa shape index (κ1) is 14.1. The minimum Gasteiger partial charge on any atom is -0.310 e. The molecule has 0 saturated heterocycles. The van der Waals surface area contributed by atoms with Gasteiger partial charge < -0.3 is 5.32 Å². The molecule has 19 heavy (non-hydrogen) atoms. The van der Waals surface area contributed by atoms with E-state index in [-0.39, 0.29) is 0 Å². The van der Waals surface area contributed by atoms with Crippen LogP contribution >= 0.6 is 11.6 Å². The highest BCUT2D eigenvalue weighted by Crippen LogP contribution is 2.26. The summed E-state index contributed by atoms with van der Waals surface area (Å²) in [7, 11) is 0. The maximum atomic E-state index is 6.08. The summed E-state index contributed by atoms with van der Waals surface area (Å²) in [6.07, 6.45) is 0. The van der Waals surface area contributed by atoms with E-state index in [0.717, 1.165) is 11.6 Å². The normalized spacial score (nSPS) is 11.0. The van der Waals surface area contributed by atoms with Crippen LogP contribution in [-0.2, 0) is 6.54 Å². The van der Waals surface area contributed by atoms with Crippen molar-refractivity contribution in [1.29, 1.82) is 0 Å². The van der Waals surface area contributed by atoms with Crippen LogP contribution < -0.4 is 5.32 Å². The summed E-state index contributed by atoms with van der Waals surface area (Å²) in [6.45, 7) is 7.35. The van der Waals surface area contributed by atoms with Gasteiger partial charge in [0.1, 0.15) is 0 Å². The van der Waals surface area contributed by atoms with Crippen molar-refractivity contribution in [3.8, 4) is 11.1 Å². The predicted molar refractivity (Wildman–Crippen MR) is 83.6 cm³/mol. The molecule has 0 fully saturated rings. The zero-order valence-electron chi connectivity index (χ0n) is 11.7. The molecule has 0 radical (unpaired) electrons. The molecule has 0 aliphatic heterocycles. The van der Waals surface area contributed by atoms with Crippen LogP contribution in [0.2, 0.25) is 5.02 Å². The average molecular weight is 274 g/mol. The van der Waals surface area contributed by atoms with Gasteiger partial charge in [-0.15, -0.1) is 0 Å². The molecule has 0 aromatic heterocycles. The Hall–Kier alpha value is -1.31. The fourth-order valence-corrected chi connectivity index (χ4v) is 2.26. The van der Waals surface area contributed by atoms with Gasteiger partial charge >= 0.3 is 0 Å². The minimum atomic E-state index is 0.496. The molecule has 0 atom stereocenters. The standard InChI is InChI=1S/C17H20ClN/c1-12(2)19-11-14-8-7-13(3)17(9-14)15-5-4-6-16(18)10-15/h4-10,12,19H,11H2,1-3H3. The monoisotopic (exact) mass is 273 g/mol. The van der Waals surface area contributed by atoms with Crippen LogP contribution in [0, 0.1) is 6.92 Å². The third-order valence-corrected chi connectivity index (χ3v) is 3.39. The highest BCUT2D eigenvalue weighted by atomic mass is 35.5. The van der Waals surface area contributed by atoms with Gasteiger partial charge in [-0.05, 0) is 47.4 Å². The van der Waals surface area contributed by atoms with Crippen molar-refractivity contribution in [3.05, 3.63) is 58.6 Å². The molecule has 0 aliphatic carbocycles. The van der Waals surface area contributed by atoms with Gasteiger partial charge in [0.05, 0.1) is 0 Å². The Labute approximate surface area is 120 Å². The molecule has 0 amide bonds. The van der Waals surface area contributed by atoms with E-state index in [1.165, 1.54) is 22.3 Å². The second-order valence-corrected chi connectivity index (χ2v) is 5.63. The number of aryl methyl sites for hydroxylation is 1. The van der Waals surface area contributed by atoms with Crippen LogP contribution in [0.1, 0.15) is 25.0 Å². The highest BCUT2D eigenvalue weighted by molar-refractivity contribution is 6.30. The maximum Gasteiger partial charge on any atom is 0.0412 e. The summed E-state index contributed by atoms with van der Waals surface area (Å²) >= 11 is 6.08. The Morgan fingerprint density at radius 1 is 1.11 bits per heavy atom. The number of halogens is 1. The average Bonchev–Trinajstić information content (AvgIpc) is 2.37. The van der Waals surface area contributed by atoms with Crippen molar-refractivity contribution in [2.24, 2.45) is 0 Å². The van der Waals surface area contributed by atoms with E-state index in [4.69, 9.17) is 11.6 Å². The number of rotatable bonds is 4. The number of hydrogen-bond acceptors (Lipinski definition) is 1. The maximum absolute atomic E-state index is 6.08. The molecule has 0 heterocycles. The second kappa shape index (κ2) is 6.23. The summed E-state index contributed by atoms with van der Waals surface area (Å²) in [5.74, 6) is 0. The molecule has 2 heteroatoms. The van der Waals surface area contributed by atoms with E-state index in [2.05, 4.69) is 50.4 Å². The largest absolute Gasteiger partial charge is 0.310 e. The molecule has 1 nitrogen and oxygen atoms in total. The lowest BCUT2D eigenvalue weighted by atomic mass is 9.98. The Morgan fingerprint density at radius 3 is 2.58 bits per heavy atom. The molecule has 0 spiro atoms. The minimum absolute atomic E-state index is 0.496. The molecular formula is C17H20ClN. The number of benzene rings is 2. The fourth-order valence-electron chi connectivity index (χ4n) is 2.07. The molecule has 2 aromatic rings. The van der Waals surface area contributed by atoms with E-state index < -0.39 is 0 Å². The molecular weight excluding hydrogens is 254 g/mol. The van der Waals surface area contributed by atoms with Gasteiger partial charge in [0, 0.05) is 17.6 Å². The summed E-state index contributed by atoms with van der Waals surface area (Å²) in [5.41, 5.74) is 5.01. The van der Waals surface area contributed by atoms with Gasteiger partial charge in [0.2, 0.25) is 0 Å². The van der Waals surface area contributed by atoms with Gasteiger partial charge in [-0.2, -0.15) is 0 Å². The molecule has 0 unspecified atom stereocenters. The first-order chi connectivity index (χ1) is 9.06. The van der Waals surface area contributed by atoms with E-state index in [1.807, 2.05) is 18.2 Å². The van der Waals surface area contributed by atoms with Gasteiger partial charge in [0.25, 0.3) is 0 Å². The predicted octanol–water partition coefficient (Wildman–Crippen LogP) is 4.81. The van der Waals surface area contributed by atoms with Crippen LogP contribution in [0.3, 0.4) is 0 Å². The van der Waals surface area contributed by atoms with E-state index in [0.29, 0.717) is 6.04 Å². The highest BCUT2D eigenvalue weighted by Gasteiger charge is 2.04. The summed E-state index contributed by atoms with van der Waals surface area (Å²) in [5, 5.41) is 4.23. The number of hydrogen-bond donors (Lipinski definition) is 1. The molecule has 1 N–H and O–H groups in total. The van der Waals surface area contributed by atoms with Crippen molar-refractivity contribution in [2.75, 3.05) is 0 Å². The lowest BCUT2D eigenvalue weighted by Crippen LogP contribution is -2.21. The Balaban J connectivity index is 2.31. The topological polar surface area (TPSA) is 12.0 Å². The SMILES string of the molecule is Cc1ccc(CNC(C)C)cc1-c1cccc(Cl)c1. The van der Waals surface area contributed by atoms with Crippen LogP contribution in [0.25, 0.3) is 11.1 Å². The van der Waals surface area contributed by atoms with E-state index >= 15 is 0 Å². The number of nitrogens with one attached hydrogen (secondary N) is 1. The molecule has 0 bridgehead atoms. The molecule has 0 aliphatic rings. The fraction of sp³-hybridized carbons (Fsp3) is 0.294. The third-order valence-electron chi connectivity index (χ3n) is 3.15. The first-order valence-corrected chi connectivity index (χ1v) is 7.03. The summed E-state index contributed by atoms with van der Waals surface area (Å²) in [4.78, 5) is 0. The van der Waals surface area contributed by atoms with Gasteiger partial charge in [-0.25, -0.2) is 0 Å². The molecule has 2 aromatic carbocycles. The van der Waals surface area contributed by atoms with Gasteiger partial charge in [0.15, 0.2) is 0 Å². The van der Waals surface area contributed by atoms with Crippen molar-refractivity contribution in [1.82, 2.24) is 5.32 Å². The molecule has 0 saturated carbocycles. The van der Waals surface area contributed by atoms with E-state index in [1.54, 1.807) is 0 Å². The Kier molecular flexibility index (Phi) is 4.62. The molecule has 2 rings (SSSR count). The van der Waals surface area contributed by atoms with Crippen molar-refractivity contribution in [3.63, 3.8) is 0 Å². The summed E-state index contributed by atoms with van der Waals surface area (Å²) < 4.78 is 0. The van der Waals surface area contributed by atoms with Crippen LogP contribution in [0.15, 0.2) is 42.5 Å². The summed E-state index contributed by atoms with van der Waals surface area (Å²) in [6, 6.07) is 15.1. The Morgan fingerprint density at radius 2 is 1.89 bits per heavy atom. The van der Waals surface area contributed by atoms with Crippen LogP contribution in [0.5, 0.6) is 0 Å². The third kappa shape index (κ3) is 3.82.